The minimum Gasteiger partial charge on any atom is -0.355 e. The number of amides is 1. The number of halogens is 1. The second-order valence-corrected chi connectivity index (χ2v) is 7.97. The lowest BCUT2D eigenvalue weighted by atomic mass is 10.1. The van der Waals surface area contributed by atoms with Crippen molar-refractivity contribution in [2.45, 2.75) is 43.5 Å². The Balaban J connectivity index is 2.18. The Morgan fingerprint density at radius 1 is 1.04 bits per heavy atom. The van der Waals surface area contributed by atoms with Crippen LogP contribution in [0.15, 0.2) is 59.5 Å². The van der Waals surface area contributed by atoms with E-state index >= 15 is 0 Å². The Morgan fingerprint density at radius 3 is 2.37 bits per heavy atom. The van der Waals surface area contributed by atoms with Crippen molar-refractivity contribution in [3.05, 3.63) is 66.0 Å². The van der Waals surface area contributed by atoms with Crippen LogP contribution in [0.5, 0.6) is 0 Å². The minimum absolute atomic E-state index is 0.175. The molecule has 27 heavy (non-hydrogen) atoms. The Labute approximate surface area is 160 Å². The van der Waals surface area contributed by atoms with E-state index in [9.17, 15) is 17.6 Å². The highest BCUT2D eigenvalue weighted by molar-refractivity contribution is 7.89. The van der Waals surface area contributed by atoms with Crippen molar-refractivity contribution in [3.63, 3.8) is 0 Å². The summed E-state index contributed by atoms with van der Waals surface area (Å²) in [6.07, 6.45) is 2.99. The molecule has 0 spiro atoms. The molecule has 1 atom stereocenters. The maximum atomic E-state index is 13.9. The third kappa shape index (κ3) is 6.45. The maximum absolute atomic E-state index is 13.9. The van der Waals surface area contributed by atoms with Crippen LogP contribution >= 0.6 is 0 Å². The predicted molar refractivity (Wildman–Crippen MR) is 103 cm³/mol. The molecule has 2 N–H and O–H groups in total. The molecule has 2 aromatic rings. The number of benzene rings is 2. The van der Waals surface area contributed by atoms with Gasteiger partial charge in [0.25, 0.3) is 0 Å². The van der Waals surface area contributed by atoms with Crippen molar-refractivity contribution in [3.8, 4) is 0 Å². The van der Waals surface area contributed by atoms with Crippen molar-refractivity contribution in [2.24, 2.45) is 0 Å². The first-order chi connectivity index (χ1) is 12.9. The van der Waals surface area contributed by atoms with E-state index < -0.39 is 32.7 Å². The molecule has 0 saturated heterocycles. The molecule has 146 valence electrons. The van der Waals surface area contributed by atoms with Gasteiger partial charge in [-0.05, 0) is 30.5 Å². The highest BCUT2D eigenvalue weighted by atomic mass is 32.2. The lowest BCUT2D eigenvalue weighted by Gasteiger charge is -2.19. The molecule has 0 heterocycles. The fraction of sp³-hybridized carbons (Fsp3) is 0.350. The first kappa shape index (κ1) is 21.1. The molecular weight excluding hydrogens is 367 g/mol. The second kappa shape index (κ2) is 10.2. The van der Waals surface area contributed by atoms with Crippen LogP contribution in [-0.2, 0) is 21.2 Å². The zero-order valence-corrected chi connectivity index (χ0v) is 16.1. The molecule has 0 aromatic heterocycles. The number of sulfonamides is 1. The average molecular weight is 392 g/mol. The highest BCUT2D eigenvalue weighted by Crippen LogP contribution is 2.15. The van der Waals surface area contributed by atoms with Gasteiger partial charge in [0.15, 0.2) is 0 Å². The van der Waals surface area contributed by atoms with Gasteiger partial charge < -0.3 is 5.32 Å². The number of carbonyl (C=O) groups excluding carboxylic acids is 1. The van der Waals surface area contributed by atoms with E-state index in [-0.39, 0.29) is 6.42 Å². The minimum atomic E-state index is -4.18. The van der Waals surface area contributed by atoms with Crippen molar-refractivity contribution in [2.75, 3.05) is 6.54 Å². The van der Waals surface area contributed by atoms with E-state index in [1.165, 1.54) is 18.2 Å². The highest BCUT2D eigenvalue weighted by Gasteiger charge is 2.27. The molecule has 0 radical (unpaired) electrons. The van der Waals surface area contributed by atoms with Crippen molar-refractivity contribution >= 4 is 15.9 Å². The smallest absolute Gasteiger partial charge is 0.244 e. The van der Waals surface area contributed by atoms with Gasteiger partial charge in [0, 0.05) is 6.54 Å². The third-order valence-corrected chi connectivity index (χ3v) is 5.61. The van der Waals surface area contributed by atoms with E-state index in [0.717, 1.165) is 30.9 Å². The molecule has 0 aliphatic carbocycles. The lowest BCUT2D eigenvalue weighted by molar-refractivity contribution is -0.122. The molecule has 0 aliphatic rings. The molecular formula is C20H25FN2O3S. The Bertz CT molecular complexity index is 841. The van der Waals surface area contributed by atoms with Gasteiger partial charge in [0.2, 0.25) is 15.9 Å². The molecule has 0 saturated carbocycles. The Hall–Kier alpha value is -2.25. The average Bonchev–Trinajstić information content (AvgIpc) is 2.65. The molecule has 0 unspecified atom stereocenters. The van der Waals surface area contributed by atoms with Crippen LogP contribution in [0.3, 0.4) is 0 Å². The van der Waals surface area contributed by atoms with Crippen molar-refractivity contribution in [1.29, 1.82) is 0 Å². The number of hydrogen-bond donors (Lipinski definition) is 2. The molecule has 2 rings (SSSR count). The number of nitrogens with one attached hydrogen (secondary N) is 2. The van der Waals surface area contributed by atoms with E-state index in [4.69, 9.17) is 0 Å². The lowest BCUT2D eigenvalue weighted by Crippen LogP contribution is -2.48. The number of carbonyl (C=O) groups is 1. The summed E-state index contributed by atoms with van der Waals surface area (Å²) >= 11 is 0. The monoisotopic (exact) mass is 392 g/mol. The molecule has 2 aromatic carbocycles. The van der Waals surface area contributed by atoms with Crippen molar-refractivity contribution in [1.82, 2.24) is 10.0 Å². The number of hydrogen-bond acceptors (Lipinski definition) is 3. The number of rotatable bonds is 10. The first-order valence-corrected chi connectivity index (χ1v) is 10.5. The summed E-state index contributed by atoms with van der Waals surface area (Å²) in [5.74, 6) is -1.28. The van der Waals surface area contributed by atoms with E-state index in [1.54, 1.807) is 0 Å². The molecule has 0 fully saturated rings. The van der Waals surface area contributed by atoms with Gasteiger partial charge in [-0.15, -0.1) is 0 Å². The Morgan fingerprint density at radius 2 is 1.70 bits per heavy atom. The van der Waals surface area contributed by atoms with E-state index in [0.29, 0.717) is 6.54 Å². The zero-order valence-electron chi connectivity index (χ0n) is 15.3. The first-order valence-electron chi connectivity index (χ1n) is 9.02. The van der Waals surface area contributed by atoms with Crippen LogP contribution < -0.4 is 10.0 Å². The summed E-state index contributed by atoms with van der Waals surface area (Å²) < 4.78 is 41.5. The maximum Gasteiger partial charge on any atom is 0.244 e. The van der Waals surface area contributed by atoms with E-state index in [2.05, 4.69) is 17.0 Å². The van der Waals surface area contributed by atoms with Crippen molar-refractivity contribution < 1.29 is 17.6 Å². The summed E-state index contributed by atoms with van der Waals surface area (Å²) in [5.41, 5.74) is 0.808. The SMILES string of the molecule is CCCCCNC(=O)[C@@H](Cc1ccccc1)NS(=O)(=O)c1ccccc1F. The van der Waals surface area contributed by atoms with Gasteiger partial charge in [-0.3, -0.25) is 4.79 Å². The van der Waals surface area contributed by atoms with E-state index in [1.807, 2.05) is 30.3 Å². The summed E-state index contributed by atoms with van der Waals surface area (Å²) in [5, 5.41) is 2.77. The second-order valence-electron chi connectivity index (χ2n) is 6.29. The normalized spacial score (nSPS) is 12.5. The zero-order chi connectivity index (χ0) is 19.7. The molecule has 0 aliphatic heterocycles. The van der Waals surface area contributed by atoms with Crippen LogP contribution in [0, 0.1) is 5.82 Å². The van der Waals surface area contributed by atoms with Crippen LogP contribution in [0.25, 0.3) is 0 Å². The molecule has 1 amide bonds. The third-order valence-electron chi connectivity index (χ3n) is 4.10. The quantitative estimate of drug-likeness (QED) is 0.611. The van der Waals surface area contributed by atoms with Crippen LogP contribution in [0.2, 0.25) is 0 Å². The van der Waals surface area contributed by atoms with Gasteiger partial charge in [-0.25, -0.2) is 12.8 Å². The van der Waals surface area contributed by atoms with Gasteiger partial charge in [0.1, 0.15) is 16.8 Å². The van der Waals surface area contributed by atoms with Gasteiger partial charge >= 0.3 is 0 Å². The van der Waals surface area contributed by atoms with Gasteiger partial charge in [-0.1, -0.05) is 62.2 Å². The summed E-state index contributed by atoms with van der Waals surface area (Å²) in [4.78, 5) is 12.1. The fourth-order valence-corrected chi connectivity index (χ4v) is 3.94. The largest absolute Gasteiger partial charge is 0.355 e. The van der Waals surface area contributed by atoms with Crippen LogP contribution in [0.4, 0.5) is 4.39 Å². The fourth-order valence-electron chi connectivity index (χ4n) is 2.66. The predicted octanol–water partition coefficient (Wildman–Crippen LogP) is 3.02. The summed E-state index contributed by atoms with van der Waals surface area (Å²) in [6.45, 7) is 2.53. The molecule has 5 nitrogen and oxygen atoms in total. The summed E-state index contributed by atoms with van der Waals surface area (Å²) in [7, 11) is -4.18. The van der Waals surface area contributed by atoms with Crippen LogP contribution in [0.1, 0.15) is 31.7 Å². The summed E-state index contributed by atoms with van der Waals surface area (Å²) in [6, 6.07) is 13.2. The van der Waals surface area contributed by atoms with Gasteiger partial charge in [-0.2, -0.15) is 4.72 Å². The topological polar surface area (TPSA) is 75.3 Å². The molecule has 0 bridgehead atoms. The standard InChI is InChI=1S/C20H25FN2O3S/c1-2-3-9-14-22-20(24)18(15-16-10-5-4-6-11-16)23-27(25,26)19-13-8-7-12-17(19)21/h4-8,10-13,18,23H,2-3,9,14-15H2,1H3,(H,22,24)/t18-/m1/s1. The van der Waals surface area contributed by atoms with Crippen LogP contribution in [-0.4, -0.2) is 26.9 Å². The molecule has 7 heteroatoms. The van der Waals surface area contributed by atoms with Gasteiger partial charge in [0.05, 0.1) is 0 Å². The number of unbranched alkanes of at least 4 members (excludes halogenated alkanes) is 2. The Kier molecular flexibility index (Phi) is 7.94.